The number of rotatable bonds is 8. The van der Waals surface area contributed by atoms with Gasteiger partial charge in [0.25, 0.3) is 0 Å². The number of hydrogen-bond donors (Lipinski definition) is 1. The van der Waals surface area contributed by atoms with Gasteiger partial charge in [-0.3, -0.25) is 9.59 Å². The van der Waals surface area contributed by atoms with Crippen LogP contribution >= 0.6 is 0 Å². The molecule has 5 nitrogen and oxygen atoms in total. The van der Waals surface area contributed by atoms with Gasteiger partial charge in [0.1, 0.15) is 18.3 Å². The molecule has 118 valence electrons. The molecule has 0 radical (unpaired) electrons. The molecular formula is C18H16O5. The van der Waals surface area contributed by atoms with E-state index in [0.29, 0.717) is 36.0 Å². The van der Waals surface area contributed by atoms with Crippen molar-refractivity contribution in [3.05, 3.63) is 64.7 Å². The molecule has 0 spiro atoms. The average molecular weight is 312 g/mol. The standard InChI is InChI=1S/C18H16O5/c19-10-14-3-1-13(2-4-14)5-7-16-8-6-15(11-20)9-17(16)23-12-18(21)22/h1-4,6,8-11H,5,7,12H2,(H,21,22). The summed E-state index contributed by atoms with van der Waals surface area (Å²) in [5.74, 6) is -0.668. The predicted molar refractivity (Wildman–Crippen MR) is 84.2 cm³/mol. The number of ether oxygens (including phenoxy) is 1. The fourth-order valence-electron chi connectivity index (χ4n) is 2.17. The van der Waals surface area contributed by atoms with Crippen LogP contribution in [0, 0.1) is 0 Å². The first kappa shape index (κ1) is 16.4. The van der Waals surface area contributed by atoms with Crippen molar-refractivity contribution >= 4 is 18.5 Å². The molecule has 0 aliphatic heterocycles. The largest absolute Gasteiger partial charge is 0.482 e. The number of carbonyl (C=O) groups excluding carboxylic acids is 2. The molecule has 2 aromatic rings. The molecule has 0 aromatic heterocycles. The minimum absolute atomic E-state index is 0.404. The van der Waals surface area contributed by atoms with Crippen LogP contribution in [0.15, 0.2) is 42.5 Å². The number of aryl methyl sites for hydroxylation is 2. The van der Waals surface area contributed by atoms with Gasteiger partial charge in [-0.25, -0.2) is 4.79 Å². The molecule has 0 unspecified atom stereocenters. The van der Waals surface area contributed by atoms with Crippen molar-refractivity contribution in [1.29, 1.82) is 0 Å². The predicted octanol–water partition coefficient (Wildman–Crippen LogP) is 2.56. The first-order chi connectivity index (χ1) is 11.1. The van der Waals surface area contributed by atoms with Gasteiger partial charge in [0.15, 0.2) is 6.61 Å². The van der Waals surface area contributed by atoms with Crippen molar-refractivity contribution < 1.29 is 24.2 Å². The van der Waals surface area contributed by atoms with Gasteiger partial charge in [-0.2, -0.15) is 0 Å². The molecule has 23 heavy (non-hydrogen) atoms. The zero-order chi connectivity index (χ0) is 16.7. The summed E-state index contributed by atoms with van der Waals surface area (Å²) in [6.07, 6.45) is 2.83. The highest BCUT2D eigenvalue weighted by atomic mass is 16.5. The highest BCUT2D eigenvalue weighted by molar-refractivity contribution is 5.76. The Labute approximate surface area is 133 Å². The maximum absolute atomic E-state index is 10.8. The summed E-state index contributed by atoms with van der Waals surface area (Å²) in [6.45, 7) is -0.455. The summed E-state index contributed by atoms with van der Waals surface area (Å²) in [4.78, 5) is 32.1. The summed E-state index contributed by atoms with van der Waals surface area (Å²) in [5.41, 5.74) is 2.94. The maximum atomic E-state index is 10.8. The maximum Gasteiger partial charge on any atom is 0.341 e. The van der Waals surface area contributed by atoms with Gasteiger partial charge in [-0.05, 0) is 30.0 Å². The van der Waals surface area contributed by atoms with Gasteiger partial charge in [-0.1, -0.05) is 36.4 Å². The van der Waals surface area contributed by atoms with Crippen LogP contribution in [0.25, 0.3) is 0 Å². The van der Waals surface area contributed by atoms with Crippen molar-refractivity contribution in [3.8, 4) is 5.75 Å². The minimum atomic E-state index is -1.07. The molecule has 0 aliphatic carbocycles. The van der Waals surface area contributed by atoms with Crippen molar-refractivity contribution in [3.63, 3.8) is 0 Å². The Balaban J connectivity index is 2.11. The Hall–Kier alpha value is -2.95. The van der Waals surface area contributed by atoms with Gasteiger partial charge in [0, 0.05) is 11.1 Å². The molecule has 5 heteroatoms. The van der Waals surface area contributed by atoms with Crippen molar-refractivity contribution in [2.24, 2.45) is 0 Å². The van der Waals surface area contributed by atoms with Gasteiger partial charge in [-0.15, -0.1) is 0 Å². The van der Waals surface area contributed by atoms with Crippen LogP contribution in [0.2, 0.25) is 0 Å². The third-order valence-corrected chi connectivity index (χ3v) is 3.38. The third-order valence-electron chi connectivity index (χ3n) is 3.38. The van der Waals surface area contributed by atoms with E-state index in [4.69, 9.17) is 9.84 Å². The van der Waals surface area contributed by atoms with E-state index in [2.05, 4.69) is 0 Å². The molecule has 0 saturated heterocycles. The van der Waals surface area contributed by atoms with Gasteiger partial charge in [0.05, 0.1) is 0 Å². The van der Waals surface area contributed by atoms with Crippen molar-refractivity contribution in [2.75, 3.05) is 6.61 Å². The Morgan fingerprint density at radius 1 is 0.957 bits per heavy atom. The van der Waals surface area contributed by atoms with Crippen LogP contribution in [0.3, 0.4) is 0 Å². The van der Waals surface area contributed by atoms with Crippen LogP contribution in [-0.4, -0.2) is 30.3 Å². The van der Waals surface area contributed by atoms with Gasteiger partial charge < -0.3 is 9.84 Å². The number of carbonyl (C=O) groups is 3. The first-order valence-electron chi connectivity index (χ1n) is 7.09. The number of carboxylic acids is 1. The lowest BCUT2D eigenvalue weighted by molar-refractivity contribution is -0.139. The summed E-state index contributed by atoms with van der Waals surface area (Å²) >= 11 is 0. The minimum Gasteiger partial charge on any atom is -0.482 e. The molecule has 0 heterocycles. The highest BCUT2D eigenvalue weighted by Gasteiger charge is 2.08. The van der Waals surface area contributed by atoms with E-state index in [-0.39, 0.29) is 0 Å². The Bertz CT molecular complexity index is 704. The van der Waals surface area contributed by atoms with Crippen molar-refractivity contribution in [1.82, 2.24) is 0 Å². The molecule has 2 aromatic carbocycles. The van der Waals surface area contributed by atoms with Crippen LogP contribution in [0.4, 0.5) is 0 Å². The van der Waals surface area contributed by atoms with E-state index in [1.807, 2.05) is 12.1 Å². The fraction of sp³-hybridized carbons (Fsp3) is 0.167. The second-order valence-electron chi connectivity index (χ2n) is 5.03. The normalized spacial score (nSPS) is 10.1. The molecule has 0 bridgehead atoms. The van der Waals surface area contributed by atoms with Crippen molar-refractivity contribution in [2.45, 2.75) is 12.8 Å². The molecular weight excluding hydrogens is 296 g/mol. The molecule has 2 rings (SSSR count). The summed E-state index contributed by atoms with van der Waals surface area (Å²) in [6, 6.07) is 12.2. The lowest BCUT2D eigenvalue weighted by Crippen LogP contribution is -2.11. The van der Waals surface area contributed by atoms with Crippen LogP contribution < -0.4 is 4.74 Å². The van der Waals surface area contributed by atoms with E-state index in [0.717, 1.165) is 17.4 Å². The number of carboxylic acid groups (broad SMARTS) is 1. The number of hydrogen-bond acceptors (Lipinski definition) is 4. The number of aliphatic carboxylic acids is 1. The topological polar surface area (TPSA) is 80.7 Å². The highest BCUT2D eigenvalue weighted by Crippen LogP contribution is 2.22. The monoisotopic (exact) mass is 312 g/mol. The Kier molecular flexibility index (Phi) is 5.63. The van der Waals surface area contributed by atoms with E-state index >= 15 is 0 Å². The van der Waals surface area contributed by atoms with E-state index in [1.54, 1.807) is 30.3 Å². The zero-order valence-corrected chi connectivity index (χ0v) is 12.4. The number of aldehydes is 2. The molecule has 0 amide bonds. The Morgan fingerprint density at radius 3 is 2.22 bits per heavy atom. The van der Waals surface area contributed by atoms with E-state index < -0.39 is 12.6 Å². The average Bonchev–Trinajstić information content (AvgIpc) is 2.58. The lowest BCUT2D eigenvalue weighted by Gasteiger charge is -2.11. The van der Waals surface area contributed by atoms with Crippen LogP contribution in [0.1, 0.15) is 31.8 Å². The van der Waals surface area contributed by atoms with E-state index in [9.17, 15) is 14.4 Å². The van der Waals surface area contributed by atoms with Crippen LogP contribution in [-0.2, 0) is 17.6 Å². The summed E-state index contributed by atoms with van der Waals surface area (Å²) in [7, 11) is 0. The number of benzene rings is 2. The molecule has 0 saturated carbocycles. The third kappa shape index (κ3) is 4.78. The fourth-order valence-corrected chi connectivity index (χ4v) is 2.17. The van der Waals surface area contributed by atoms with E-state index in [1.165, 1.54) is 0 Å². The summed E-state index contributed by atoms with van der Waals surface area (Å²) in [5, 5.41) is 8.73. The van der Waals surface area contributed by atoms with Crippen LogP contribution in [0.5, 0.6) is 5.75 Å². The molecule has 1 N–H and O–H groups in total. The SMILES string of the molecule is O=Cc1ccc(CCc2ccc(C=O)cc2OCC(=O)O)cc1. The quantitative estimate of drug-likeness (QED) is 0.758. The second-order valence-corrected chi connectivity index (χ2v) is 5.03. The second kappa shape index (κ2) is 7.89. The lowest BCUT2D eigenvalue weighted by atomic mass is 10.0. The molecule has 0 atom stereocenters. The molecule has 0 aliphatic rings. The molecule has 0 fully saturated rings. The Morgan fingerprint density at radius 2 is 1.61 bits per heavy atom. The van der Waals surface area contributed by atoms with Gasteiger partial charge in [0.2, 0.25) is 0 Å². The summed E-state index contributed by atoms with van der Waals surface area (Å²) < 4.78 is 5.26. The first-order valence-corrected chi connectivity index (χ1v) is 7.09. The zero-order valence-electron chi connectivity index (χ0n) is 12.4. The smallest absolute Gasteiger partial charge is 0.341 e. The van der Waals surface area contributed by atoms with Gasteiger partial charge >= 0.3 is 5.97 Å².